The highest BCUT2D eigenvalue weighted by Crippen LogP contribution is 2.20. The number of hydrogen-bond acceptors (Lipinski definition) is 3. The fraction of sp³-hybridized carbons (Fsp3) is 0.929. The largest absolute Gasteiger partial charge is 0.339 e. The molecule has 0 aromatic heterocycles. The minimum Gasteiger partial charge on any atom is -0.339 e. The van der Waals surface area contributed by atoms with Gasteiger partial charge in [0.15, 0.2) is 0 Å². The Balaban J connectivity index is 1.82. The van der Waals surface area contributed by atoms with Gasteiger partial charge in [-0.2, -0.15) is 0 Å². The Morgan fingerprint density at radius 2 is 1.89 bits per heavy atom. The molecule has 0 aromatic carbocycles. The quantitative estimate of drug-likeness (QED) is 0.822. The van der Waals surface area contributed by atoms with Crippen LogP contribution in [0.5, 0.6) is 0 Å². The number of carbonyl (C=O) groups excluding carboxylic acids is 1. The molecule has 0 aromatic rings. The molecular weight excluding hydrogens is 226 g/mol. The van der Waals surface area contributed by atoms with Crippen LogP contribution in [0.25, 0.3) is 0 Å². The molecule has 2 aliphatic rings. The van der Waals surface area contributed by atoms with Gasteiger partial charge >= 0.3 is 0 Å². The van der Waals surface area contributed by atoms with Crippen molar-refractivity contribution in [1.29, 1.82) is 0 Å². The van der Waals surface area contributed by atoms with Gasteiger partial charge in [-0.3, -0.25) is 9.69 Å². The van der Waals surface area contributed by atoms with E-state index in [4.69, 9.17) is 5.73 Å². The Bertz CT molecular complexity index is 274. The first kappa shape index (κ1) is 13.8. The number of amides is 1. The van der Waals surface area contributed by atoms with E-state index in [-0.39, 0.29) is 0 Å². The lowest BCUT2D eigenvalue weighted by atomic mass is 9.99. The molecule has 4 nitrogen and oxygen atoms in total. The molecular formula is C14H27N3O. The predicted molar refractivity (Wildman–Crippen MR) is 73.3 cm³/mol. The van der Waals surface area contributed by atoms with Gasteiger partial charge in [0.2, 0.25) is 5.91 Å². The second kappa shape index (κ2) is 6.53. The molecule has 2 N–H and O–H groups in total. The van der Waals surface area contributed by atoms with Gasteiger partial charge < -0.3 is 10.6 Å². The van der Waals surface area contributed by atoms with Crippen molar-refractivity contribution < 1.29 is 4.79 Å². The van der Waals surface area contributed by atoms with Crippen molar-refractivity contribution >= 4 is 5.91 Å². The van der Waals surface area contributed by atoms with Crippen LogP contribution in [0, 0.1) is 0 Å². The van der Waals surface area contributed by atoms with Crippen LogP contribution in [0.15, 0.2) is 0 Å². The zero-order chi connectivity index (χ0) is 13.0. The summed E-state index contributed by atoms with van der Waals surface area (Å²) in [4.78, 5) is 16.8. The van der Waals surface area contributed by atoms with Crippen molar-refractivity contribution in [3.05, 3.63) is 0 Å². The summed E-state index contributed by atoms with van der Waals surface area (Å²) in [5, 5.41) is 0. The predicted octanol–water partition coefficient (Wildman–Crippen LogP) is 1.20. The highest BCUT2D eigenvalue weighted by atomic mass is 16.2. The average molecular weight is 253 g/mol. The van der Waals surface area contributed by atoms with E-state index in [1.54, 1.807) is 0 Å². The molecule has 0 aliphatic carbocycles. The van der Waals surface area contributed by atoms with E-state index in [0.29, 0.717) is 24.5 Å². The molecule has 0 bridgehead atoms. The summed E-state index contributed by atoms with van der Waals surface area (Å²) in [6.07, 6.45) is 6.80. The van der Waals surface area contributed by atoms with Gasteiger partial charge in [0, 0.05) is 31.7 Å². The van der Waals surface area contributed by atoms with Gasteiger partial charge in [0.05, 0.1) is 6.54 Å². The Labute approximate surface area is 110 Å². The monoisotopic (exact) mass is 253 g/mol. The zero-order valence-electron chi connectivity index (χ0n) is 11.6. The third-order valence-corrected chi connectivity index (χ3v) is 4.41. The zero-order valence-corrected chi connectivity index (χ0v) is 11.6. The van der Waals surface area contributed by atoms with Gasteiger partial charge in [-0.25, -0.2) is 0 Å². The van der Waals surface area contributed by atoms with Crippen LogP contribution in [0.3, 0.4) is 0 Å². The second-order valence-corrected chi connectivity index (χ2v) is 5.76. The van der Waals surface area contributed by atoms with E-state index in [1.807, 2.05) is 0 Å². The van der Waals surface area contributed by atoms with Crippen LogP contribution in [-0.2, 0) is 4.79 Å². The standard InChI is InChI=1S/C14H27N3O/c1-2-13-5-3-4-8-17(13)14(18)11-16-9-6-12(15)7-10-16/h12-13H,2-11,15H2,1H3. The Morgan fingerprint density at radius 3 is 2.56 bits per heavy atom. The molecule has 2 aliphatic heterocycles. The van der Waals surface area contributed by atoms with Crippen LogP contribution < -0.4 is 5.73 Å². The van der Waals surface area contributed by atoms with E-state index < -0.39 is 0 Å². The first-order valence-electron chi connectivity index (χ1n) is 7.48. The maximum atomic E-state index is 12.4. The Morgan fingerprint density at radius 1 is 1.17 bits per heavy atom. The Kier molecular flexibility index (Phi) is 5.01. The van der Waals surface area contributed by atoms with Crippen LogP contribution in [-0.4, -0.2) is 54.0 Å². The van der Waals surface area contributed by atoms with Crippen molar-refractivity contribution in [3.63, 3.8) is 0 Å². The third-order valence-electron chi connectivity index (χ3n) is 4.41. The fourth-order valence-electron chi connectivity index (χ4n) is 3.15. The molecule has 1 atom stereocenters. The van der Waals surface area contributed by atoms with Gasteiger partial charge in [-0.05, 0) is 38.5 Å². The molecule has 2 saturated heterocycles. The van der Waals surface area contributed by atoms with Crippen molar-refractivity contribution in [2.24, 2.45) is 5.73 Å². The molecule has 2 rings (SSSR count). The van der Waals surface area contributed by atoms with Crippen LogP contribution in [0.2, 0.25) is 0 Å². The summed E-state index contributed by atoms with van der Waals surface area (Å²) in [5.41, 5.74) is 5.89. The highest BCUT2D eigenvalue weighted by molar-refractivity contribution is 5.78. The molecule has 1 amide bonds. The fourth-order valence-corrected chi connectivity index (χ4v) is 3.15. The number of carbonyl (C=O) groups is 1. The topological polar surface area (TPSA) is 49.6 Å². The highest BCUT2D eigenvalue weighted by Gasteiger charge is 2.27. The van der Waals surface area contributed by atoms with E-state index >= 15 is 0 Å². The summed E-state index contributed by atoms with van der Waals surface area (Å²) in [6.45, 7) is 5.72. The number of hydrogen-bond donors (Lipinski definition) is 1. The molecule has 2 fully saturated rings. The summed E-state index contributed by atoms with van der Waals surface area (Å²) >= 11 is 0. The van der Waals surface area contributed by atoms with E-state index in [2.05, 4.69) is 16.7 Å². The molecule has 2 heterocycles. The average Bonchev–Trinajstić information content (AvgIpc) is 2.41. The summed E-state index contributed by atoms with van der Waals surface area (Å²) in [5.74, 6) is 0.331. The lowest BCUT2D eigenvalue weighted by Crippen LogP contribution is -2.50. The number of piperidine rings is 2. The summed E-state index contributed by atoms with van der Waals surface area (Å²) < 4.78 is 0. The lowest BCUT2D eigenvalue weighted by Gasteiger charge is -2.37. The van der Waals surface area contributed by atoms with Crippen molar-refractivity contribution in [3.8, 4) is 0 Å². The SMILES string of the molecule is CCC1CCCCN1C(=O)CN1CCC(N)CC1. The van der Waals surface area contributed by atoms with E-state index in [1.165, 1.54) is 19.3 Å². The smallest absolute Gasteiger partial charge is 0.236 e. The number of likely N-dealkylation sites (tertiary alicyclic amines) is 2. The minimum absolute atomic E-state index is 0.331. The molecule has 18 heavy (non-hydrogen) atoms. The van der Waals surface area contributed by atoms with Crippen molar-refractivity contribution in [2.75, 3.05) is 26.2 Å². The first-order valence-corrected chi connectivity index (χ1v) is 7.48. The molecule has 0 saturated carbocycles. The molecule has 4 heteroatoms. The number of nitrogens with zero attached hydrogens (tertiary/aromatic N) is 2. The summed E-state index contributed by atoms with van der Waals surface area (Å²) in [7, 11) is 0. The van der Waals surface area contributed by atoms with Gasteiger partial charge in [0.1, 0.15) is 0 Å². The van der Waals surface area contributed by atoms with Gasteiger partial charge in [0.25, 0.3) is 0 Å². The van der Waals surface area contributed by atoms with Gasteiger partial charge in [-0.1, -0.05) is 6.92 Å². The number of rotatable bonds is 3. The maximum absolute atomic E-state index is 12.4. The maximum Gasteiger partial charge on any atom is 0.236 e. The van der Waals surface area contributed by atoms with Gasteiger partial charge in [-0.15, -0.1) is 0 Å². The molecule has 0 radical (unpaired) electrons. The normalized spacial score (nSPS) is 27.4. The number of nitrogens with two attached hydrogens (primary N) is 1. The van der Waals surface area contributed by atoms with Crippen LogP contribution in [0.1, 0.15) is 45.4 Å². The van der Waals surface area contributed by atoms with Crippen molar-refractivity contribution in [2.45, 2.75) is 57.5 Å². The minimum atomic E-state index is 0.331. The lowest BCUT2D eigenvalue weighted by molar-refractivity contribution is -0.136. The summed E-state index contributed by atoms with van der Waals surface area (Å²) in [6, 6.07) is 0.827. The second-order valence-electron chi connectivity index (χ2n) is 5.76. The molecule has 0 spiro atoms. The Hall–Kier alpha value is -0.610. The third kappa shape index (κ3) is 3.45. The van der Waals surface area contributed by atoms with Crippen LogP contribution in [0.4, 0.5) is 0 Å². The molecule has 104 valence electrons. The van der Waals surface area contributed by atoms with Crippen LogP contribution >= 0.6 is 0 Å². The first-order chi connectivity index (χ1) is 8.70. The molecule has 1 unspecified atom stereocenters. The van der Waals surface area contributed by atoms with E-state index in [9.17, 15) is 4.79 Å². The van der Waals surface area contributed by atoms with Crippen molar-refractivity contribution in [1.82, 2.24) is 9.80 Å². The van der Waals surface area contributed by atoms with E-state index in [0.717, 1.165) is 38.9 Å².